The highest BCUT2D eigenvalue weighted by Gasteiger charge is 2.33. The smallest absolute Gasteiger partial charge is 0.256 e. The summed E-state index contributed by atoms with van der Waals surface area (Å²) in [5.74, 6) is 0.781. The van der Waals surface area contributed by atoms with E-state index in [1.54, 1.807) is 11.3 Å². The molecule has 1 aliphatic heterocycles. The van der Waals surface area contributed by atoms with E-state index in [4.69, 9.17) is 0 Å². The molecule has 2 atom stereocenters. The van der Waals surface area contributed by atoms with Gasteiger partial charge in [-0.3, -0.25) is 4.79 Å². The second kappa shape index (κ2) is 5.60. The monoisotopic (exact) mass is 348 g/mol. The van der Waals surface area contributed by atoms with Crippen LogP contribution in [0.2, 0.25) is 0 Å². The van der Waals surface area contributed by atoms with E-state index in [1.807, 2.05) is 12.1 Å². The Bertz CT molecular complexity index is 985. The van der Waals surface area contributed by atoms with E-state index in [0.29, 0.717) is 5.92 Å². The highest BCUT2D eigenvalue weighted by Crippen LogP contribution is 2.43. The van der Waals surface area contributed by atoms with Gasteiger partial charge in [0.2, 0.25) is 0 Å². The molecule has 0 bridgehead atoms. The summed E-state index contributed by atoms with van der Waals surface area (Å²) in [5.41, 5.74) is 3.29. The first-order chi connectivity index (χ1) is 12.2. The molecule has 4 heteroatoms. The lowest BCUT2D eigenvalue weighted by molar-refractivity contribution is 0.0935. The van der Waals surface area contributed by atoms with Gasteiger partial charge in [0.15, 0.2) is 0 Å². The van der Waals surface area contributed by atoms with Crippen LogP contribution in [0.3, 0.4) is 0 Å². The van der Waals surface area contributed by atoms with Gasteiger partial charge >= 0.3 is 0 Å². The number of thiophene rings is 1. The average molecular weight is 348 g/mol. The van der Waals surface area contributed by atoms with Crippen LogP contribution in [0.15, 0.2) is 42.5 Å². The van der Waals surface area contributed by atoms with Crippen LogP contribution in [-0.2, 0) is 12.8 Å². The zero-order chi connectivity index (χ0) is 17.0. The van der Waals surface area contributed by atoms with E-state index in [0.717, 1.165) is 29.0 Å². The Balaban J connectivity index is 1.58. The summed E-state index contributed by atoms with van der Waals surface area (Å²) in [6.45, 7) is 2.30. The van der Waals surface area contributed by atoms with Crippen LogP contribution in [-0.4, -0.2) is 5.91 Å². The van der Waals surface area contributed by atoms with Crippen molar-refractivity contribution in [3.05, 3.63) is 64.0 Å². The largest absolute Gasteiger partial charge is 0.353 e. The van der Waals surface area contributed by atoms with Crippen LogP contribution >= 0.6 is 11.3 Å². The van der Waals surface area contributed by atoms with Crippen molar-refractivity contribution in [2.24, 2.45) is 5.92 Å². The summed E-state index contributed by atoms with van der Waals surface area (Å²) in [4.78, 5) is 14.3. The molecule has 0 fully saturated rings. The summed E-state index contributed by atoms with van der Waals surface area (Å²) >= 11 is 1.78. The van der Waals surface area contributed by atoms with Gasteiger partial charge < -0.3 is 10.6 Å². The van der Waals surface area contributed by atoms with Gasteiger partial charge in [-0.1, -0.05) is 49.4 Å². The molecular formula is C21H20N2OS. The average Bonchev–Trinajstić information content (AvgIpc) is 2.99. The topological polar surface area (TPSA) is 41.1 Å². The van der Waals surface area contributed by atoms with Crippen LogP contribution in [0, 0.1) is 5.92 Å². The Kier molecular flexibility index (Phi) is 3.35. The summed E-state index contributed by atoms with van der Waals surface area (Å²) in [5, 5.41) is 10.2. The van der Waals surface area contributed by atoms with Crippen molar-refractivity contribution >= 4 is 33.0 Å². The molecule has 0 radical (unpaired) electrons. The van der Waals surface area contributed by atoms with Crippen LogP contribution in [0.1, 0.15) is 45.9 Å². The highest BCUT2D eigenvalue weighted by molar-refractivity contribution is 7.16. The summed E-state index contributed by atoms with van der Waals surface area (Å²) < 4.78 is 0. The molecule has 0 saturated heterocycles. The molecule has 2 N–H and O–H groups in total. The lowest BCUT2D eigenvalue weighted by atomic mass is 9.88. The molecule has 2 aromatic carbocycles. The third-order valence-corrected chi connectivity index (χ3v) is 6.61. The zero-order valence-electron chi connectivity index (χ0n) is 14.1. The number of anilines is 1. The number of hydrogen-bond donors (Lipinski definition) is 2. The fourth-order valence-corrected chi connectivity index (χ4v) is 5.56. The van der Waals surface area contributed by atoms with Crippen LogP contribution in [0.25, 0.3) is 10.8 Å². The number of nitrogens with one attached hydrogen (secondary N) is 2. The molecule has 2 aliphatic rings. The van der Waals surface area contributed by atoms with Gasteiger partial charge in [0.1, 0.15) is 11.2 Å². The minimum Gasteiger partial charge on any atom is -0.353 e. The predicted molar refractivity (Wildman–Crippen MR) is 103 cm³/mol. The normalized spacial score (nSPS) is 22.0. The molecule has 0 spiro atoms. The first-order valence-corrected chi connectivity index (χ1v) is 9.72. The predicted octanol–water partition coefficient (Wildman–Crippen LogP) is 4.88. The standard InChI is InChI=1S/C21H20N2OS/c1-12-9-10-16-17(11-12)25-21-18(16)20(24)22-19(23-21)15-8-4-6-13-5-2-3-7-14(13)15/h2-8,12,19,23H,9-11H2,1H3,(H,22,24). The molecule has 0 saturated carbocycles. The Morgan fingerprint density at radius 1 is 1.08 bits per heavy atom. The first kappa shape index (κ1) is 15.0. The molecule has 1 aliphatic carbocycles. The number of hydrogen-bond acceptors (Lipinski definition) is 3. The maximum Gasteiger partial charge on any atom is 0.256 e. The van der Waals surface area contributed by atoms with Crippen LogP contribution in [0.4, 0.5) is 5.00 Å². The molecule has 25 heavy (non-hydrogen) atoms. The van der Waals surface area contributed by atoms with Gasteiger partial charge in [-0.05, 0) is 41.5 Å². The van der Waals surface area contributed by atoms with E-state index >= 15 is 0 Å². The van der Waals surface area contributed by atoms with Crippen LogP contribution < -0.4 is 10.6 Å². The van der Waals surface area contributed by atoms with Gasteiger partial charge in [-0.15, -0.1) is 11.3 Å². The van der Waals surface area contributed by atoms with Crippen molar-refractivity contribution in [3.63, 3.8) is 0 Å². The van der Waals surface area contributed by atoms with Crippen molar-refractivity contribution in [1.29, 1.82) is 0 Å². The molecule has 3 nitrogen and oxygen atoms in total. The minimum absolute atomic E-state index is 0.0683. The molecule has 1 amide bonds. The van der Waals surface area contributed by atoms with E-state index < -0.39 is 0 Å². The molecule has 3 aromatic rings. The van der Waals surface area contributed by atoms with Gasteiger partial charge in [0.05, 0.1) is 5.56 Å². The molecular weight excluding hydrogens is 328 g/mol. The van der Waals surface area contributed by atoms with Crippen molar-refractivity contribution in [3.8, 4) is 0 Å². The van der Waals surface area contributed by atoms with Crippen molar-refractivity contribution in [1.82, 2.24) is 5.32 Å². The minimum atomic E-state index is -0.177. The Labute approximate surface area is 151 Å². The molecule has 5 rings (SSSR count). The number of benzene rings is 2. The summed E-state index contributed by atoms with van der Waals surface area (Å²) in [7, 11) is 0. The molecule has 126 valence electrons. The quantitative estimate of drug-likeness (QED) is 0.658. The number of amides is 1. The van der Waals surface area contributed by atoms with E-state index in [-0.39, 0.29) is 12.1 Å². The van der Waals surface area contributed by atoms with Gasteiger partial charge in [0, 0.05) is 10.4 Å². The maximum atomic E-state index is 12.9. The number of carbonyl (C=O) groups excluding carboxylic acids is 1. The Morgan fingerprint density at radius 3 is 2.84 bits per heavy atom. The Morgan fingerprint density at radius 2 is 1.92 bits per heavy atom. The first-order valence-electron chi connectivity index (χ1n) is 8.90. The van der Waals surface area contributed by atoms with E-state index in [2.05, 4.69) is 47.9 Å². The van der Waals surface area contributed by atoms with E-state index in [1.165, 1.54) is 27.6 Å². The molecule has 1 aromatic heterocycles. The van der Waals surface area contributed by atoms with E-state index in [9.17, 15) is 4.79 Å². The third-order valence-electron chi connectivity index (χ3n) is 5.42. The third kappa shape index (κ3) is 2.35. The highest BCUT2D eigenvalue weighted by atomic mass is 32.1. The lowest BCUT2D eigenvalue weighted by Crippen LogP contribution is -2.38. The number of fused-ring (bicyclic) bond motifs is 4. The summed E-state index contributed by atoms with van der Waals surface area (Å²) in [6.07, 6.45) is 3.12. The molecule has 2 heterocycles. The summed E-state index contributed by atoms with van der Waals surface area (Å²) in [6, 6.07) is 14.6. The number of rotatable bonds is 1. The fraction of sp³-hybridized carbons (Fsp3) is 0.286. The Hall–Kier alpha value is -2.33. The van der Waals surface area contributed by atoms with Crippen molar-refractivity contribution in [2.45, 2.75) is 32.4 Å². The van der Waals surface area contributed by atoms with Crippen molar-refractivity contribution < 1.29 is 4.79 Å². The lowest BCUT2D eigenvalue weighted by Gasteiger charge is -2.28. The maximum absolute atomic E-state index is 12.9. The SMILES string of the molecule is CC1CCc2c(sc3c2C(=O)NC(c2cccc4ccccc24)N3)C1. The number of carbonyl (C=O) groups is 1. The van der Waals surface area contributed by atoms with Gasteiger partial charge in [-0.2, -0.15) is 0 Å². The van der Waals surface area contributed by atoms with Crippen molar-refractivity contribution in [2.75, 3.05) is 5.32 Å². The van der Waals surface area contributed by atoms with Gasteiger partial charge in [0.25, 0.3) is 5.91 Å². The van der Waals surface area contributed by atoms with Gasteiger partial charge in [-0.25, -0.2) is 0 Å². The second-order valence-corrected chi connectivity index (χ2v) is 8.28. The second-order valence-electron chi connectivity index (χ2n) is 7.18. The zero-order valence-corrected chi connectivity index (χ0v) is 15.0. The van der Waals surface area contributed by atoms with Crippen LogP contribution in [0.5, 0.6) is 0 Å². The fourth-order valence-electron chi connectivity index (χ4n) is 4.12. The molecule has 2 unspecified atom stereocenters.